The molecule has 196 valence electrons. The Hall–Kier alpha value is -0.600. The van der Waals surface area contributed by atoms with Crippen molar-refractivity contribution >= 4 is 0 Å². The van der Waals surface area contributed by atoms with Crippen LogP contribution < -0.4 is 0 Å². The van der Waals surface area contributed by atoms with Crippen molar-refractivity contribution in [1.29, 1.82) is 0 Å². The quantitative estimate of drug-likeness (QED) is 0.128. The van der Waals surface area contributed by atoms with E-state index < -0.39 is 113 Å². The van der Waals surface area contributed by atoms with Crippen molar-refractivity contribution in [2.45, 2.75) is 79.5 Å². The lowest BCUT2D eigenvalue weighted by Gasteiger charge is -2.44. The van der Waals surface area contributed by atoms with Gasteiger partial charge in [0.15, 0.2) is 6.29 Å². The Morgan fingerprint density at radius 2 is 1.21 bits per heavy atom. The maximum absolute atomic E-state index is 10.3. The van der Waals surface area contributed by atoms with Gasteiger partial charge in [0, 0.05) is 0 Å². The van der Waals surface area contributed by atoms with E-state index in [0.717, 1.165) is 0 Å². The fraction of sp³-hybridized carbons (Fsp3) is 1.00. The third kappa shape index (κ3) is 6.54. The van der Waals surface area contributed by atoms with Crippen LogP contribution in [0, 0.1) is 0 Å². The zero-order valence-electron chi connectivity index (χ0n) is 17.6. The molecule has 3 unspecified atom stereocenters. The molecule has 15 nitrogen and oxygen atoms in total. The van der Waals surface area contributed by atoms with E-state index in [9.17, 15) is 56.2 Å². The van der Waals surface area contributed by atoms with Gasteiger partial charge in [-0.05, 0) is 0 Å². The molecular weight excluding hydrogens is 456 g/mol. The highest BCUT2D eigenvalue weighted by Gasteiger charge is 2.49. The average Bonchev–Trinajstić information content (AvgIpc) is 2.82. The van der Waals surface area contributed by atoms with Crippen LogP contribution in [0.2, 0.25) is 0 Å². The molecule has 0 aromatic carbocycles. The van der Waals surface area contributed by atoms with E-state index in [2.05, 4.69) is 0 Å². The van der Waals surface area contributed by atoms with Gasteiger partial charge in [-0.25, -0.2) is 0 Å². The Kier molecular flexibility index (Phi) is 11.2. The Balaban J connectivity index is 2.08. The van der Waals surface area contributed by atoms with Crippen molar-refractivity contribution in [1.82, 2.24) is 0 Å². The first-order valence-electron chi connectivity index (χ1n) is 10.4. The van der Waals surface area contributed by atoms with Gasteiger partial charge in [-0.1, -0.05) is 0 Å². The van der Waals surface area contributed by atoms with Gasteiger partial charge in [-0.15, -0.1) is 0 Å². The maximum Gasteiger partial charge on any atom is 0.187 e. The Labute approximate surface area is 188 Å². The van der Waals surface area contributed by atoms with E-state index in [1.54, 1.807) is 0 Å². The van der Waals surface area contributed by atoms with Crippen LogP contribution in [0.15, 0.2) is 0 Å². The lowest BCUT2D eigenvalue weighted by molar-refractivity contribution is -0.319. The van der Waals surface area contributed by atoms with Gasteiger partial charge in [-0.2, -0.15) is 0 Å². The molecule has 2 aliphatic heterocycles. The second-order valence-electron chi connectivity index (χ2n) is 7.98. The van der Waals surface area contributed by atoms with Crippen LogP contribution in [0.3, 0.4) is 0 Å². The first-order chi connectivity index (χ1) is 15.6. The Morgan fingerprint density at radius 3 is 1.73 bits per heavy atom. The van der Waals surface area contributed by atoms with Gasteiger partial charge in [0.2, 0.25) is 0 Å². The van der Waals surface area contributed by atoms with Crippen molar-refractivity contribution in [3.63, 3.8) is 0 Å². The summed E-state index contributed by atoms with van der Waals surface area (Å²) in [6.45, 7) is -3.58. The van der Waals surface area contributed by atoms with Gasteiger partial charge in [0.25, 0.3) is 0 Å². The molecule has 11 N–H and O–H groups in total. The smallest absolute Gasteiger partial charge is 0.187 e. The fourth-order valence-electron chi connectivity index (χ4n) is 3.65. The minimum absolute atomic E-state index is 0.553. The van der Waals surface area contributed by atoms with E-state index in [1.807, 2.05) is 0 Å². The summed E-state index contributed by atoms with van der Waals surface area (Å²) < 4.78 is 21.3. The standard InChI is InChI=1S/C18H34O15/c19-1-6(31-18-15(29)13(27)11(25)9(4-22)33-18)5-30-16(7(23)2-20)17-14(28)12(26)10(24)8(3-21)32-17/h6-29H,1-5H2/t6-,7?,8+,9+,10+,11+,12-,13-,14+,15+,16?,17?,18-/m0/s1. The highest BCUT2D eigenvalue weighted by atomic mass is 16.7. The summed E-state index contributed by atoms with van der Waals surface area (Å²) in [4.78, 5) is 0. The molecule has 0 bridgehead atoms. The van der Waals surface area contributed by atoms with E-state index in [1.165, 1.54) is 0 Å². The third-order valence-corrected chi connectivity index (χ3v) is 5.67. The number of ether oxygens (including phenoxy) is 4. The van der Waals surface area contributed by atoms with Gasteiger partial charge in [0.1, 0.15) is 73.2 Å². The predicted octanol–water partition coefficient (Wildman–Crippen LogP) is -7.26. The normalized spacial score (nSPS) is 42.6. The molecule has 0 aliphatic carbocycles. The van der Waals surface area contributed by atoms with Crippen LogP contribution in [0.1, 0.15) is 0 Å². The zero-order chi connectivity index (χ0) is 24.9. The van der Waals surface area contributed by atoms with Crippen molar-refractivity contribution < 1.29 is 75.1 Å². The van der Waals surface area contributed by atoms with Crippen molar-refractivity contribution in [2.24, 2.45) is 0 Å². The topological polar surface area (TPSA) is 259 Å². The van der Waals surface area contributed by atoms with E-state index in [0.29, 0.717) is 0 Å². The van der Waals surface area contributed by atoms with Crippen LogP contribution in [0.4, 0.5) is 0 Å². The summed E-state index contributed by atoms with van der Waals surface area (Å²) in [6, 6.07) is 0. The molecular formula is C18H34O15. The molecule has 2 saturated heterocycles. The highest BCUT2D eigenvalue weighted by Crippen LogP contribution is 2.27. The number of aliphatic hydroxyl groups excluding tert-OH is 11. The number of hydrogen-bond donors (Lipinski definition) is 11. The summed E-state index contributed by atoms with van der Waals surface area (Å²) >= 11 is 0. The molecule has 0 amide bonds. The number of hydrogen-bond acceptors (Lipinski definition) is 15. The molecule has 0 aromatic heterocycles. The molecule has 2 aliphatic rings. The predicted molar refractivity (Wildman–Crippen MR) is 102 cm³/mol. The van der Waals surface area contributed by atoms with E-state index >= 15 is 0 Å². The summed E-state index contributed by atoms with van der Waals surface area (Å²) in [5.41, 5.74) is 0. The van der Waals surface area contributed by atoms with Gasteiger partial charge in [0.05, 0.1) is 33.0 Å². The van der Waals surface area contributed by atoms with Crippen molar-refractivity contribution in [3.8, 4) is 0 Å². The minimum atomic E-state index is -1.78. The molecule has 2 rings (SSSR count). The fourth-order valence-corrected chi connectivity index (χ4v) is 3.65. The Morgan fingerprint density at radius 1 is 0.667 bits per heavy atom. The van der Waals surface area contributed by atoms with E-state index in [4.69, 9.17) is 18.9 Å². The van der Waals surface area contributed by atoms with Crippen LogP contribution in [0.5, 0.6) is 0 Å². The second kappa shape index (κ2) is 12.9. The average molecular weight is 490 g/mol. The monoisotopic (exact) mass is 490 g/mol. The summed E-state index contributed by atoms with van der Waals surface area (Å²) in [6.07, 6.45) is -20.4. The zero-order valence-corrected chi connectivity index (χ0v) is 17.6. The van der Waals surface area contributed by atoms with E-state index in [-0.39, 0.29) is 0 Å². The third-order valence-electron chi connectivity index (χ3n) is 5.67. The first kappa shape index (κ1) is 28.6. The minimum Gasteiger partial charge on any atom is -0.394 e. The number of aliphatic hydroxyl groups is 11. The van der Waals surface area contributed by atoms with Crippen LogP contribution in [-0.2, 0) is 18.9 Å². The van der Waals surface area contributed by atoms with Gasteiger partial charge < -0.3 is 75.1 Å². The molecule has 0 aromatic rings. The molecule has 15 heteroatoms. The lowest BCUT2D eigenvalue weighted by Crippen LogP contribution is -2.64. The summed E-state index contributed by atoms with van der Waals surface area (Å²) in [5, 5.41) is 108. The molecule has 13 atom stereocenters. The SMILES string of the molecule is OCC(O)C(OC[C@H](CO)O[C@H]1O[C@H](CO)[C@@H](O)[C@H](O)[C@H]1O)C1O[C@H](CO)[C@@H](O)[C@H](O)[C@H]1O. The first-order valence-corrected chi connectivity index (χ1v) is 10.4. The van der Waals surface area contributed by atoms with Crippen molar-refractivity contribution in [2.75, 3.05) is 33.0 Å². The van der Waals surface area contributed by atoms with Crippen molar-refractivity contribution in [3.05, 3.63) is 0 Å². The number of rotatable bonds is 11. The molecule has 2 heterocycles. The molecule has 0 spiro atoms. The van der Waals surface area contributed by atoms with Crippen LogP contribution >= 0.6 is 0 Å². The molecule has 0 saturated carbocycles. The summed E-state index contributed by atoms with van der Waals surface area (Å²) in [7, 11) is 0. The molecule has 2 fully saturated rings. The maximum atomic E-state index is 10.3. The van der Waals surface area contributed by atoms with Crippen LogP contribution in [-0.4, -0.2) is 169 Å². The summed E-state index contributed by atoms with van der Waals surface area (Å²) in [5.74, 6) is 0. The second-order valence-corrected chi connectivity index (χ2v) is 7.98. The van der Waals surface area contributed by atoms with Crippen LogP contribution in [0.25, 0.3) is 0 Å². The van der Waals surface area contributed by atoms with Gasteiger partial charge in [-0.3, -0.25) is 0 Å². The highest BCUT2D eigenvalue weighted by molar-refractivity contribution is 4.97. The Bertz CT molecular complexity index is 565. The largest absolute Gasteiger partial charge is 0.394 e. The molecule has 0 radical (unpaired) electrons. The van der Waals surface area contributed by atoms with Gasteiger partial charge >= 0.3 is 0 Å². The lowest BCUT2D eigenvalue weighted by atomic mass is 9.90. The molecule has 33 heavy (non-hydrogen) atoms.